The van der Waals surface area contributed by atoms with Crippen molar-refractivity contribution in [2.24, 2.45) is 11.7 Å². The number of hydrogen-bond acceptors (Lipinski definition) is 3. The zero-order chi connectivity index (χ0) is 15.2. The van der Waals surface area contributed by atoms with Crippen LogP contribution in [0.3, 0.4) is 0 Å². The topological polar surface area (TPSA) is 83.6 Å². The van der Waals surface area contributed by atoms with Gasteiger partial charge in [0.2, 0.25) is 5.91 Å². The summed E-state index contributed by atoms with van der Waals surface area (Å²) in [4.78, 5) is 22.4. The first-order valence-electron chi connectivity index (χ1n) is 5.91. The molecule has 1 amide bonds. The van der Waals surface area contributed by atoms with E-state index in [0.29, 0.717) is 0 Å². The standard InChI is InChI=1S/C9H18N2O.C2HF3O2/c1-7(2)8(10)9(12)11-5-3-4-6-11;3-2(4,5)1(6)7/h7-8H,3-6,10H2,1-2H3;(H,6,7). The Bertz CT molecular complexity index is 309. The molecule has 5 nitrogen and oxygen atoms in total. The molecule has 0 aromatic carbocycles. The van der Waals surface area contributed by atoms with Crippen LogP contribution in [0.15, 0.2) is 0 Å². The number of nitrogens with two attached hydrogens (primary N) is 1. The number of nitrogens with zero attached hydrogens (tertiary/aromatic N) is 1. The van der Waals surface area contributed by atoms with Crippen molar-refractivity contribution in [1.29, 1.82) is 0 Å². The maximum Gasteiger partial charge on any atom is 0.490 e. The van der Waals surface area contributed by atoms with Crippen LogP contribution in [0, 0.1) is 5.92 Å². The zero-order valence-corrected chi connectivity index (χ0v) is 10.9. The highest BCUT2D eigenvalue weighted by Gasteiger charge is 2.38. The van der Waals surface area contributed by atoms with E-state index in [1.54, 1.807) is 0 Å². The molecule has 0 spiro atoms. The molecule has 0 saturated carbocycles. The third kappa shape index (κ3) is 6.42. The molecule has 1 rings (SSSR count). The number of rotatable bonds is 2. The van der Waals surface area contributed by atoms with Crippen molar-refractivity contribution < 1.29 is 27.9 Å². The highest BCUT2D eigenvalue weighted by molar-refractivity contribution is 5.82. The fourth-order valence-corrected chi connectivity index (χ4v) is 1.43. The van der Waals surface area contributed by atoms with Crippen LogP contribution in [-0.2, 0) is 9.59 Å². The molecular formula is C11H19F3N2O3. The fourth-order valence-electron chi connectivity index (χ4n) is 1.43. The molecule has 0 bridgehead atoms. The van der Waals surface area contributed by atoms with Crippen LogP contribution in [0.25, 0.3) is 0 Å². The number of hydrogen-bond donors (Lipinski definition) is 2. The van der Waals surface area contributed by atoms with E-state index in [2.05, 4.69) is 0 Å². The van der Waals surface area contributed by atoms with Crippen molar-refractivity contribution in [3.05, 3.63) is 0 Å². The summed E-state index contributed by atoms with van der Waals surface area (Å²) in [7, 11) is 0. The van der Waals surface area contributed by atoms with Crippen LogP contribution in [0.5, 0.6) is 0 Å². The Hall–Kier alpha value is -1.31. The predicted octanol–water partition coefficient (Wildman–Crippen LogP) is 1.23. The van der Waals surface area contributed by atoms with Gasteiger partial charge < -0.3 is 15.7 Å². The number of likely N-dealkylation sites (tertiary alicyclic amines) is 1. The Morgan fingerprint density at radius 1 is 1.21 bits per heavy atom. The van der Waals surface area contributed by atoms with Gasteiger partial charge in [-0.25, -0.2) is 4.79 Å². The van der Waals surface area contributed by atoms with Gasteiger partial charge in [0.1, 0.15) is 0 Å². The van der Waals surface area contributed by atoms with Crippen LogP contribution >= 0.6 is 0 Å². The molecule has 0 aliphatic carbocycles. The zero-order valence-electron chi connectivity index (χ0n) is 10.9. The molecule has 112 valence electrons. The van der Waals surface area contributed by atoms with Crippen molar-refractivity contribution in [3.8, 4) is 0 Å². The fraction of sp³-hybridized carbons (Fsp3) is 0.818. The number of halogens is 3. The van der Waals surface area contributed by atoms with Crippen molar-refractivity contribution in [2.75, 3.05) is 13.1 Å². The number of aliphatic carboxylic acids is 1. The normalized spacial score (nSPS) is 16.9. The Labute approximate surface area is 109 Å². The summed E-state index contributed by atoms with van der Waals surface area (Å²) >= 11 is 0. The summed E-state index contributed by atoms with van der Waals surface area (Å²) < 4.78 is 31.7. The van der Waals surface area contributed by atoms with Gasteiger partial charge in [0, 0.05) is 13.1 Å². The van der Waals surface area contributed by atoms with E-state index in [4.69, 9.17) is 15.6 Å². The quantitative estimate of drug-likeness (QED) is 0.798. The second kappa shape index (κ2) is 7.32. The first-order chi connectivity index (χ1) is 8.57. The second-order valence-electron chi connectivity index (χ2n) is 4.61. The maximum atomic E-state index is 11.6. The van der Waals surface area contributed by atoms with E-state index in [1.165, 1.54) is 0 Å². The van der Waals surface area contributed by atoms with Gasteiger partial charge >= 0.3 is 12.1 Å². The second-order valence-corrected chi connectivity index (χ2v) is 4.61. The first kappa shape index (κ1) is 17.7. The summed E-state index contributed by atoms with van der Waals surface area (Å²) in [5.74, 6) is -2.38. The summed E-state index contributed by atoms with van der Waals surface area (Å²) in [5.41, 5.74) is 5.75. The van der Waals surface area contributed by atoms with Gasteiger partial charge in [0.15, 0.2) is 0 Å². The van der Waals surface area contributed by atoms with Crippen molar-refractivity contribution in [3.63, 3.8) is 0 Å². The molecule has 3 N–H and O–H groups in total. The average Bonchev–Trinajstić information content (AvgIpc) is 2.79. The minimum Gasteiger partial charge on any atom is -0.475 e. The molecule has 0 aromatic heterocycles. The maximum absolute atomic E-state index is 11.6. The molecule has 1 unspecified atom stereocenters. The molecule has 1 aliphatic heterocycles. The van der Waals surface area contributed by atoms with Gasteiger partial charge in [-0.15, -0.1) is 0 Å². The third-order valence-electron chi connectivity index (χ3n) is 2.66. The third-order valence-corrected chi connectivity index (χ3v) is 2.66. The number of carboxylic acid groups (broad SMARTS) is 1. The number of alkyl halides is 3. The molecule has 1 fully saturated rings. The summed E-state index contributed by atoms with van der Waals surface area (Å²) in [6.45, 7) is 5.77. The van der Waals surface area contributed by atoms with Gasteiger partial charge in [-0.3, -0.25) is 4.79 Å². The first-order valence-corrected chi connectivity index (χ1v) is 5.91. The smallest absolute Gasteiger partial charge is 0.475 e. The summed E-state index contributed by atoms with van der Waals surface area (Å²) in [6.07, 6.45) is -2.81. The highest BCUT2D eigenvalue weighted by atomic mass is 19.4. The van der Waals surface area contributed by atoms with Crippen LogP contribution in [-0.4, -0.2) is 47.2 Å². The van der Waals surface area contributed by atoms with Gasteiger partial charge in [-0.05, 0) is 18.8 Å². The molecule has 0 aromatic rings. The molecule has 1 aliphatic rings. The van der Waals surface area contributed by atoms with Crippen LogP contribution in [0.4, 0.5) is 13.2 Å². The molecular weight excluding hydrogens is 265 g/mol. The monoisotopic (exact) mass is 284 g/mol. The Kier molecular flexibility index (Phi) is 6.82. The molecule has 8 heteroatoms. The lowest BCUT2D eigenvalue weighted by atomic mass is 10.0. The Morgan fingerprint density at radius 3 is 1.84 bits per heavy atom. The molecule has 1 saturated heterocycles. The van der Waals surface area contributed by atoms with Crippen molar-refractivity contribution in [2.45, 2.75) is 38.9 Å². The molecule has 19 heavy (non-hydrogen) atoms. The SMILES string of the molecule is CC(C)C(N)C(=O)N1CCCC1.O=C(O)C(F)(F)F. The van der Waals surface area contributed by atoms with Crippen LogP contribution in [0.1, 0.15) is 26.7 Å². The largest absolute Gasteiger partial charge is 0.490 e. The van der Waals surface area contributed by atoms with Gasteiger partial charge in [0.25, 0.3) is 0 Å². The van der Waals surface area contributed by atoms with E-state index in [0.717, 1.165) is 25.9 Å². The van der Waals surface area contributed by atoms with Gasteiger partial charge in [-0.2, -0.15) is 13.2 Å². The average molecular weight is 284 g/mol. The van der Waals surface area contributed by atoms with Crippen LogP contribution in [0.2, 0.25) is 0 Å². The molecule has 1 atom stereocenters. The van der Waals surface area contributed by atoms with E-state index >= 15 is 0 Å². The van der Waals surface area contributed by atoms with Crippen LogP contribution < -0.4 is 5.73 Å². The highest BCUT2D eigenvalue weighted by Crippen LogP contribution is 2.13. The van der Waals surface area contributed by atoms with E-state index in [-0.39, 0.29) is 17.9 Å². The Morgan fingerprint density at radius 2 is 1.58 bits per heavy atom. The summed E-state index contributed by atoms with van der Waals surface area (Å²) in [5, 5.41) is 7.12. The van der Waals surface area contributed by atoms with Gasteiger partial charge in [0.05, 0.1) is 6.04 Å². The Balaban J connectivity index is 0.000000399. The van der Waals surface area contributed by atoms with Gasteiger partial charge in [-0.1, -0.05) is 13.8 Å². The lowest BCUT2D eigenvalue weighted by Gasteiger charge is -2.22. The number of amides is 1. The number of carboxylic acids is 1. The predicted molar refractivity (Wildman–Crippen MR) is 62.3 cm³/mol. The lowest BCUT2D eigenvalue weighted by molar-refractivity contribution is -0.192. The van der Waals surface area contributed by atoms with E-state index < -0.39 is 12.1 Å². The van der Waals surface area contributed by atoms with E-state index in [9.17, 15) is 18.0 Å². The minimum absolute atomic E-state index is 0.127. The molecule has 0 radical (unpaired) electrons. The summed E-state index contributed by atoms with van der Waals surface area (Å²) in [6, 6.07) is -0.303. The number of carbonyl (C=O) groups excluding carboxylic acids is 1. The number of carbonyl (C=O) groups is 2. The lowest BCUT2D eigenvalue weighted by Crippen LogP contribution is -2.45. The van der Waals surface area contributed by atoms with Crippen molar-refractivity contribution >= 4 is 11.9 Å². The minimum atomic E-state index is -5.08. The van der Waals surface area contributed by atoms with Crippen molar-refractivity contribution in [1.82, 2.24) is 4.90 Å². The molecule has 1 heterocycles. The van der Waals surface area contributed by atoms with E-state index in [1.807, 2.05) is 18.7 Å².